The minimum absolute atomic E-state index is 0.0273. The Labute approximate surface area is 201 Å². The fourth-order valence-electron chi connectivity index (χ4n) is 3.26. The molecule has 6 nitrogen and oxygen atoms in total. The van der Waals surface area contributed by atoms with Crippen LogP contribution in [0.15, 0.2) is 42.5 Å². The number of ether oxygens (including phenoxy) is 1. The summed E-state index contributed by atoms with van der Waals surface area (Å²) in [5.41, 5.74) is -2.65. The Morgan fingerprint density at radius 3 is 2.00 bits per heavy atom. The third-order valence-corrected chi connectivity index (χ3v) is 5.02. The minimum Gasteiger partial charge on any atom is -0.465 e. The minimum atomic E-state index is -4.98. The Kier molecular flexibility index (Phi) is 10.1. The largest absolute Gasteiger partial charge is 0.465 e. The SMILES string of the molecule is O=C(O)NCCC(=O)NCCC(COCc1cc(C(F)(F)F)cc(C(F)(F)F)c1)c1ccc(F)cc1. The number of carboxylic acid groups (broad SMARTS) is 1. The van der Waals surface area contributed by atoms with E-state index >= 15 is 0 Å². The molecule has 0 saturated heterocycles. The highest BCUT2D eigenvalue weighted by Crippen LogP contribution is 2.36. The second-order valence-electron chi connectivity index (χ2n) is 7.80. The summed E-state index contributed by atoms with van der Waals surface area (Å²) < 4.78 is 97.1. The van der Waals surface area contributed by atoms with E-state index in [9.17, 15) is 40.3 Å². The lowest BCUT2D eigenvalue weighted by Gasteiger charge is -2.19. The normalized spacial score (nSPS) is 12.8. The van der Waals surface area contributed by atoms with Gasteiger partial charge in [0.1, 0.15) is 5.82 Å². The van der Waals surface area contributed by atoms with Gasteiger partial charge >= 0.3 is 18.4 Å². The third kappa shape index (κ3) is 9.72. The first kappa shape index (κ1) is 28.9. The molecule has 0 aliphatic rings. The fraction of sp³-hybridized carbons (Fsp3) is 0.391. The molecule has 0 aliphatic heterocycles. The molecule has 0 aliphatic carbocycles. The Morgan fingerprint density at radius 2 is 1.47 bits per heavy atom. The molecule has 36 heavy (non-hydrogen) atoms. The predicted molar refractivity (Wildman–Crippen MR) is 114 cm³/mol. The molecule has 0 fully saturated rings. The zero-order valence-electron chi connectivity index (χ0n) is 18.7. The van der Waals surface area contributed by atoms with Crippen molar-refractivity contribution in [1.82, 2.24) is 10.6 Å². The van der Waals surface area contributed by atoms with Crippen LogP contribution in [0.3, 0.4) is 0 Å². The van der Waals surface area contributed by atoms with E-state index in [2.05, 4.69) is 5.32 Å². The Bertz CT molecular complexity index is 992. The summed E-state index contributed by atoms with van der Waals surface area (Å²) in [5.74, 6) is -1.43. The summed E-state index contributed by atoms with van der Waals surface area (Å²) in [4.78, 5) is 22.2. The van der Waals surface area contributed by atoms with E-state index in [0.29, 0.717) is 17.7 Å². The van der Waals surface area contributed by atoms with Crippen LogP contribution >= 0.6 is 0 Å². The number of nitrogens with one attached hydrogen (secondary N) is 2. The summed E-state index contributed by atoms with van der Waals surface area (Å²) in [7, 11) is 0. The van der Waals surface area contributed by atoms with Crippen LogP contribution in [-0.4, -0.2) is 36.8 Å². The number of benzene rings is 2. The van der Waals surface area contributed by atoms with Crippen molar-refractivity contribution in [2.75, 3.05) is 19.7 Å². The molecular formula is C23H23F7N2O4. The van der Waals surface area contributed by atoms with Crippen LogP contribution in [0.2, 0.25) is 0 Å². The molecular weight excluding hydrogens is 501 g/mol. The molecule has 2 rings (SSSR count). The summed E-state index contributed by atoms with van der Waals surface area (Å²) >= 11 is 0. The standard InChI is InChI=1S/C23H23F7N2O4/c24-19-3-1-15(2-4-19)16(5-7-31-20(33)6-8-32-21(34)35)13-36-12-14-9-17(22(25,26)27)11-18(10-14)23(28,29)30/h1-4,9-11,16,32H,5-8,12-13H2,(H,31,33)(H,34,35). The highest BCUT2D eigenvalue weighted by molar-refractivity contribution is 5.76. The molecule has 1 unspecified atom stereocenters. The molecule has 0 bridgehead atoms. The molecule has 0 spiro atoms. The highest BCUT2D eigenvalue weighted by Gasteiger charge is 2.36. The predicted octanol–water partition coefficient (Wildman–Crippen LogP) is 5.33. The maximum absolute atomic E-state index is 13.3. The lowest BCUT2D eigenvalue weighted by atomic mass is 9.96. The van der Waals surface area contributed by atoms with Crippen LogP contribution in [0.5, 0.6) is 0 Å². The first-order valence-corrected chi connectivity index (χ1v) is 10.6. The van der Waals surface area contributed by atoms with E-state index in [1.54, 1.807) is 0 Å². The van der Waals surface area contributed by atoms with Gasteiger partial charge in [-0.05, 0) is 47.9 Å². The maximum Gasteiger partial charge on any atom is 0.416 e. The van der Waals surface area contributed by atoms with Crippen molar-refractivity contribution >= 4 is 12.0 Å². The lowest BCUT2D eigenvalue weighted by Crippen LogP contribution is -2.31. The van der Waals surface area contributed by atoms with E-state index < -0.39 is 53.8 Å². The molecule has 3 N–H and O–H groups in total. The maximum atomic E-state index is 13.3. The quantitative estimate of drug-likeness (QED) is 0.347. The van der Waals surface area contributed by atoms with Crippen molar-refractivity contribution in [2.45, 2.75) is 37.7 Å². The number of amides is 2. The second kappa shape index (κ2) is 12.6. The molecule has 0 aromatic heterocycles. The van der Waals surface area contributed by atoms with Gasteiger partial charge < -0.3 is 20.5 Å². The van der Waals surface area contributed by atoms with E-state index in [1.165, 1.54) is 24.3 Å². The lowest BCUT2D eigenvalue weighted by molar-refractivity contribution is -0.143. The summed E-state index contributed by atoms with van der Waals surface area (Å²) in [6.45, 7) is -0.667. The van der Waals surface area contributed by atoms with Crippen molar-refractivity contribution < 1.29 is 50.2 Å². The molecule has 1 atom stereocenters. The average molecular weight is 524 g/mol. The summed E-state index contributed by atoms with van der Waals surface area (Å²) in [6.07, 6.45) is -11.1. The average Bonchev–Trinajstić information content (AvgIpc) is 2.77. The Hall–Kier alpha value is -3.35. The molecule has 2 aromatic rings. The zero-order chi connectivity index (χ0) is 26.9. The van der Waals surface area contributed by atoms with Crippen molar-refractivity contribution in [3.8, 4) is 0 Å². The topological polar surface area (TPSA) is 87.7 Å². The smallest absolute Gasteiger partial charge is 0.416 e. The second-order valence-corrected chi connectivity index (χ2v) is 7.80. The van der Waals surface area contributed by atoms with E-state index in [-0.39, 0.29) is 44.2 Å². The number of halogens is 7. The van der Waals surface area contributed by atoms with Gasteiger partial charge in [-0.2, -0.15) is 26.3 Å². The first-order chi connectivity index (χ1) is 16.8. The summed E-state index contributed by atoms with van der Waals surface area (Å²) in [6, 6.07) is 6.45. The van der Waals surface area contributed by atoms with Crippen LogP contribution in [0.1, 0.15) is 41.0 Å². The number of hydrogen-bond donors (Lipinski definition) is 3. The van der Waals surface area contributed by atoms with Gasteiger partial charge in [-0.15, -0.1) is 0 Å². The van der Waals surface area contributed by atoms with Gasteiger partial charge in [-0.3, -0.25) is 4.79 Å². The highest BCUT2D eigenvalue weighted by atomic mass is 19.4. The van der Waals surface area contributed by atoms with Crippen molar-refractivity contribution in [2.24, 2.45) is 0 Å². The molecule has 0 heterocycles. The van der Waals surface area contributed by atoms with Crippen LogP contribution in [-0.2, 0) is 28.5 Å². The van der Waals surface area contributed by atoms with Crippen molar-refractivity contribution in [3.05, 3.63) is 70.5 Å². The number of carbonyl (C=O) groups excluding carboxylic acids is 1. The Morgan fingerprint density at radius 1 is 0.889 bits per heavy atom. The number of alkyl halides is 6. The van der Waals surface area contributed by atoms with Gasteiger partial charge in [-0.25, -0.2) is 9.18 Å². The molecule has 2 amide bonds. The van der Waals surface area contributed by atoms with Gasteiger partial charge in [0.15, 0.2) is 0 Å². The molecule has 0 radical (unpaired) electrons. The number of carbonyl (C=O) groups is 2. The molecule has 0 saturated carbocycles. The van der Waals surface area contributed by atoms with Crippen LogP contribution in [0, 0.1) is 5.82 Å². The van der Waals surface area contributed by atoms with E-state index in [1.807, 2.05) is 5.32 Å². The first-order valence-electron chi connectivity index (χ1n) is 10.6. The molecule has 2 aromatic carbocycles. The summed E-state index contributed by atoms with van der Waals surface area (Å²) in [5, 5.41) is 13.1. The number of hydrogen-bond acceptors (Lipinski definition) is 3. The molecule has 198 valence electrons. The van der Waals surface area contributed by atoms with Gasteiger partial charge in [0.25, 0.3) is 0 Å². The van der Waals surface area contributed by atoms with Gasteiger partial charge in [-0.1, -0.05) is 12.1 Å². The number of rotatable bonds is 11. The van der Waals surface area contributed by atoms with Crippen LogP contribution in [0.25, 0.3) is 0 Å². The van der Waals surface area contributed by atoms with Crippen molar-refractivity contribution in [3.63, 3.8) is 0 Å². The zero-order valence-corrected chi connectivity index (χ0v) is 18.7. The van der Waals surface area contributed by atoms with Gasteiger partial charge in [0.2, 0.25) is 5.91 Å². The van der Waals surface area contributed by atoms with Gasteiger partial charge in [0, 0.05) is 25.4 Å². The molecule has 13 heteroatoms. The van der Waals surface area contributed by atoms with Crippen molar-refractivity contribution in [1.29, 1.82) is 0 Å². The Balaban J connectivity index is 2.05. The monoisotopic (exact) mass is 524 g/mol. The van der Waals surface area contributed by atoms with Gasteiger partial charge in [0.05, 0.1) is 24.3 Å². The fourth-order valence-corrected chi connectivity index (χ4v) is 3.26. The van der Waals surface area contributed by atoms with E-state index in [4.69, 9.17) is 9.84 Å². The van der Waals surface area contributed by atoms with E-state index in [0.717, 1.165) is 0 Å². The third-order valence-electron chi connectivity index (χ3n) is 5.02. The van der Waals surface area contributed by atoms with Crippen LogP contribution < -0.4 is 10.6 Å². The van der Waals surface area contributed by atoms with Crippen LogP contribution in [0.4, 0.5) is 35.5 Å².